The highest BCUT2D eigenvalue weighted by Crippen LogP contribution is 2.14. The van der Waals surface area contributed by atoms with Gasteiger partial charge in [0.25, 0.3) is 0 Å². The van der Waals surface area contributed by atoms with Crippen LogP contribution in [0.15, 0.2) is 6.20 Å². The second-order valence-corrected chi connectivity index (χ2v) is 5.17. The maximum absolute atomic E-state index is 11.9. The molecule has 1 unspecified atom stereocenters. The molecular formula is C13H20N4O. The molecule has 0 spiro atoms. The van der Waals surface area contributed by atoms with Gasteiger partial charge in [-0.2, -0.15) is 0 Å². The Balaban J connectivity index is 1.56. The molecule has 1 aromatic heterocycles. The number of carbonyl (C=O) groups is 1. The largest absolute Gasteiger partial charge is 0.349 e. The minimum absolute atomic E-state index is 0.00207. The van der Waals surface area contributed by atoms with E-state index < -0.39 is 0 Å². The predicted molar refractivity (Wildman–Crippen MR) is 68.0 cm³/mol. The molecule has 1 saturated heterocycles. The molecule has 2 aliphatic rings. The highest BCUT2D eigenvalue weighted by atomic mass is 16.2. The van der Waals surface area contributed by atoms with Crippen molar-refractivity contribution in [2.75, 3.05) is 6.54 Å². The van der Waals surface area contributed by atoms with Crippen molar-refractivity contribution in [3.8, 4) is 0 Å². The molecule has 1 fully saturated rings. The number of hydrogen-bond acceptors (Lipinski definition) is 3. The summed E-state index contributed by atoms with van der Waals surface area (Å²) >= 11 is 0. The molecular weight excluding hydrogens is 228 g/mol. The van der Waals surface area contributed by atoms with Gasteiger partial charge < -0.3 is 15.2 Å². The average molecular weight is 248 g/mol. The van der Waals surface area contributed by atoms with Crippen LogP contribution in [0, 0.1) is 0 Å². The molecule has 0 aliphatic carbocycles. The quantitative estimate of drug-likeness (QED) is 0.823. The number of hydrogen-bond donors (Lipinski definition) is 2. The second-order valence-electron chi connectivity index (χ2n) is 5.17. The van der Waals surface area contributed by atoms with Crippen molar-refractivity contribution >= 4 is 5.91 Å². The Morgan fingerprint density at radius 1 is 1.50 bits per heavy atom. The first-order valence-electron chi connectivity index (χ1n) is 6.89. The fourth-order valence-electron chi connectivity index (χ4n) is 2.77. The number of nitrogens with one attached hydrogen (secondary N) is 2. The van der Waals surface area contributed by atoms with Crippen LogP contribution in [0.3, 0.4) is 0 Å². The summed E-state index contributed by atoms with van der Waals surface area (Å²) in [5.74, 6) is 1.28. The topological polar surface area (TPSA) is 59.0 Å². The third-order valence-electron chi connectivity index (χ3n) is 3.78. The van der Waals surface area contributed by atoms with Crippen molar-refractivity contribution in [2.45, 2.75) is 51.2 Å². The fourth-order valence-corrected chi connectivity index (χ4v) is 2.77. The number of imidazole rings is 1. The number of aryl methyl sites for hydroxylation is 2. The third-order valence-corrected chi connectivity index (χ3v) is 3.78. The number of amides is 1. The number of fused-ring (bicyclic) bond motifs is 1. The zero-order valence-electron chi connectivity index (χ0n) is 10.6. The molecule has 1 atom stereocenters. The molecule has 0 radical (unpaired) electrons. The van der Waals surface area contributed by atoms with E-state index >= 15 is 0 Å². The molecule has 5 heteroatoms. The highest BCUT2D eigenvalue weighted by Gasteiger charge is 2.21. The molecule has 2 N–H and O–H groups in total. The Labute approximate surface area is 107 Å². The number of rotatable bonds is 3. The van der Waals surface area contributed by atoms with Gasteiger partial charge in [-0.3, -0.25) is 4.79 Å². The van der Waals surface area contributed by atoms with E-state index in [1.165, 1.54) is 18.7 Å². The molecule has 3 heterocycles. The van der Waals surface area contributed by atoms with E-state index in [4.69, 9.17) is 0 Å². The molecule has 0 bridgehead atoms. The van der Waals surface area contributed by atoms with Gasteiger partial charge in [0.05, 0.1) is 18.3 Å². The van der Waals surface area contributed by atoms with Crippen LogP contribution in [-0.4, -0.2) is 28.0 Å². The molecule has 2 aliphatic heterocycles. The van der Waals surface area contributed by atoms with Gasteiger partial charge in [-0.15, -0.1) is 0 Å². The summed E-state index contributed by atoms with van der Waals surface area (Å²) in [6.45, 7) is 2.58. The monoisotopic (exact) mass is 248 g/mol. The number of aromatic nitrogens is 2. The van der Waals surface area contributed by atoms with Crippen molar-refractivity contribution < 1.29 is 4.79 Å². The van der Waals surface area contributed by atoms with Crippen LogP contribution in [-0.2, 0) is 24.3 Å². The van der Waals surface area contributed by atoms with Crippen LogP contribution in [0.2, 0.25) is 0 Å². The summed E-state index contributed by atoms with van der Waals surface area (Å²) in [4.78, 5) is 16.4. The molecule has 0 saturated carbocycles. The van der Waals surface area contributed by atoms with Gasteiger partial charge in [0.2, 0.25) is 5.91 Å². The molecule has 5 nitrogen and oxygen atoms in total. The molecule has 98 valence electrons. The van der Waals surface area contributed by atoms with Gasteiger partial charge in [-0.05, 0) is 32.2 Å². The van der Waals surface area contributed by atoms with Crippen molar-refractivity contribution in [3.63, 3.8) is 0 Å². The maximum Gasteiger partial charge on any atom is 0.237 e. The van der Waals surface area contributed by atoms with Crippen molar-refractivity contribution in [2.24, 2.45) is 0 Å². The SMILES string of the molecule is O=C(NCc1cn2c(n1)CCCC2)C1CCCN1. The summed E-state index contributed by atoms with van der Waals surface area (Å²) in [7, 11) is 0. The lowest BCUT2D eigenvalue weighted by atomic mass is 10.2. The fraction of sp³-hybridized carbons (Fsp3) is 0.692. The van der Waals surface area contributed by atoms with E-state index in [2.05, 4.69) is 26.4 Å². The summed E-state index contributed by atoms with van der Waals surface area (Å²) in [6.07, 6.45) is 7.66. The summed E-state index contributed by atoms with van der Waals surface area (Å²) in [5, 5.41) is 6.18. The third kappa shape index (κ3) is 2.41. The Bertz CT molecular complexity index is 411. The lowest BCUT2D eigenvalue weighted by molar-refractivity contribution is -0.122. The molecule has 0 aromatic carbocycles. The van der Waals surface area contributed by atoms with Crippen molar-refractivity contribution in [1.82, 2.24) is 20.2 Å². The van der Waals surface area contributed by atoms with Crippen LogP contribution in [0.25, 0.3) is 0 Å². The van der Waals surface area contributed by atoms with Crippen LogP contribution in [0.4, 0.5) is 0 Å². The number of carbonyl (C=O) groups excluding carboxylic acids is 1. The van der Waals surface area contributed by atoms with Crippen molar-refractivity contribution in [3.05, 3.63) is 17.7 Å². The second kappa shape index (κ2) is 5.10. The molecule has 3 rings (SSSR count). The zero-order chi connectivity index (χ0) is 12.4. The summed E-state index contributed by atoms with van der Waals surface area (Å²) in [5.41, 5.74) is 0.984. The van der Waals surface area contributed by atoms with Gasteiger partial charge in [0, 0.05) is 19.2 Å². The number of nitrogens with zero attached hydrogens (tertiary/aromatic N) is 2. The van der Waals surface area contributed by atoms with E-state index in [9.17, 15) is 4.79 Å². The van der Waals surface area contributed by atoms with Gasteiger partial charge in [-0.25, -0.2) is 4.98 Å². The first kappa shape index (κ1) is 11.7. The lowest BCUT2D eigenvalue weighted by Crippen LogP contribution is -2.40. The minimum atomic E-state index is 0.00207. The Kier molecular flexibility index (Phi) is 3.32. The minimum Gasteiger partial charge on any atom is -0.349 e. The lowest BCUT2D eigenvalue weighted by Gasteiger charge is -2.11. The van der Waals surface area contributed by atoms with Crippen molar-refractivity contribution in [1.29, 1.82) is 0 Å². The van der Waals surface area contributed by atoms with E-state index in [-0.39, 0.29) is 11.9 Å². The van der Waals surface area contributed by atoms with E-state index in [0.29, 0.717) is 6.54 Å². The van der Waals surface area contributed by atoms with Crippen LogP contribution >= 0.6 is 0 Å². The van der Waals surface area contributed by atoms with Crippen LogP contribution in [0.1, 0.15) is 37.2 Å². The maximum atomic E-state index is 11.9. The molecule has 1 amide bonds. The van der Waals surface area contributed by atoms with E-state index in [1.54, 1.807) is 0 Å². The summed E-state index contributed by atoms with van der Waals surface area (Å²) < 4.78 is 2.22. The van der Waals surface area contributed by atoms with Crippen LogP contribution < -0.4 is 10.6 Å². The van der Waals surface area contributed by atoms with Gasteiger partial charge in [-0.1, -0.05) is 0 Å². The van der Waals surface area contributed by atoms with E-state index in [1.807, 2.05) is 0 Å². The first-order chi connectivity index (χ1) is 8.83. The van der Waals surface area contributed by atoms with Crippen LogP contribution in [0.5, 0.6) is 0 Å². The predicted octanol–water partition coefficient (Wildman–Crippen LogP) is 0.588. The molecule has 18 heavy (non-hydrogen) atoms. The standard InChI is InChI=1S/C13H20N4O/c18-13(11-4-3-6-14-11)15-8-10-9-17-7-2-1-5-12(17)16-10/h9,11,14H,1-8H2,(H,15,18). The Morgan fingerprint density at radius 3 is 3.22 bits per heavy atom. The van der Waals surface area contributed by atoms with E-state index in [0.717, 1.165) is 38.0 Å². The van der Waals surface area contributed by atoms with Gasteiger partial charge in [0.15, 0.2) is 0 Å². The first-order valence-corrected chi connectivity index (χ1v) is 6.89. The Morgan fingerprint density at radius 2 is 2.44 bits per heavy atom. The normalized spacial score (nSPS) is 22.8. The average Bonchev–Trinajstić information content (AvgIpc) is 3.04. The smallest absolute Gasteiger partial charge is 0.237 e. The zero-order valence-corrected chi connectivity index (χ0v) is 10.6. The summed E-state index contributed by atoms with van der Waals surface area (Å²) in [6, 6.07) is 0.00207. The molecule has 1 aromatic rings. The van der Waals surface area contributed by atoms with Gasteiger partial charge in [0.1, 0.15) is 5.82 Å². The van der Waals surface area contributed by atoms with Gasteiger partial charge >= 0.3 is 0 Å². The Hall–Kier alpha value is -1.36. The highest BCUT2D eigenvalue weighted by molar-refractivity contribution is 5.81.